The van der Waals surface area contributed by atoms with E-state index in [0.29, 0.717) is 34.2 Å². The van der Waals surface area contributed by atoms with Gasteiger partial charge in [0.2, 0.25) is 5.91 Å². The van der Waals surface area contributed by atoms with Crippen LogP contribution in [0.4, 0.5) is 0 Å². The number of carbonyl (C=O) groups excluding carboxylic acids is 3. The third-order valence-corrected chi connectivity index (χ3v) is 8.03. The molecule has 3 aliphatic rings. The molecule has 2 amide bonds. The van der Waals surface area contributed by atoms with Crippen LogP contribution in [0.3, 0.4) is 0 Å². The van der Waals surface area contributed by atoms with Gasteiger partial charge in [-0.2, -0.15) is 5.10 Å². The van der Waals surface area contributed by atoms with Crippen molar-refractivity contribution in [3.8, 4) is 0 Å². The molecule has 2 saturated carbocycles. The second-order valence-corrected chi connectivity index (χ2v) is 11.4. The van der Waals surface area contributed by atoms with Crippen molar-refractivity contribution >= 4 is 40.1 Å². The zero-order valence-corrected chi connectivity index (χ0v) is 20.0. The molecule has 0 unspecified atom stereocenters. The molecular formula is C25H31ClN4O3. The average molecular weight is 471 g/mol. The molecular weight excluding hydrogens is 440 g/mol. The largest absolute Gasteiger partial charge is 0.364 e. The molecule has 33 heavy (non-hydrogen) atoms. The van der Waals surface area contributed by atoms with Gasteiger partial charge in [-0.3, -0.25) is 19.1 Å². The maximum absolute atomic E-state index is 13.4. The molecule has 2 aliphatic carbocycles. The summed E-state index contributed by atoms with van der Waals surface area (Å²) in [5.41, 5.74) is 6.49. The van der Waals surface area contributed by atoms with E-state index in [1.165, 1.54) is 17.5 Å². The first kappa shape index (κ1) is 22.4. The number of carbonyl (C=O) groups is 3. The number of piperidine rings is 1. The summed E-state index contributed by atoms with van der Waals surface area (Å²) in [6.45, 7) is 4.52. The number of hydrogen-bond acceptors (Lipinski definition) is 4. The van der Waals surface area contributed by atoms with Crippen molar-refractivity contribution < 1.29 is 14.4 Å². The lowest BCUT2D eigenvalue weighted by molar-refractivity contribution is -0.140. The Bertz CT molecular complexity index is 1140. The van der Waals surface area contributed by atoms with Crippen LogP contribution in [-0.2, 0) is 16.1 Å². The summed E-state index contributed by atoms with van der Waals surface area (Å²) in [5, 5.41) is 5.36. The SMILES string of the molecule is CC1(C)CCC[C@@H](CC(=O)[C@@H]2C[C@H]3C[C@H]3N2C(=O)Cn2nc(C(N)=O)c3ccc(Cl)cc32)C1. The van der Waals surface area contributed by atoms with Crippen molar-refractivity contribution in [1.29, 1.82) is 0 Å². The molecule has 0 bridgehead atoms. The first-order valence-corrected chi connectivity index (χ1v) is 12.3. The van der Waals surface area contributed by atoms with Gasteiger partial charge in [0.25, 0.3) is 5.91 Å². The summed E-state index contributed by atoms with van der Waals surface area (Å²) in [4.78, 5) is 40.4. The van der Waals surface area contributed by atoms with E-state index in [1.54, 1.807) is 18.2 Å². The predicted octanol–water partition coefficient (Wildman–Crippen LogP) is 3.95. The molecule has 1 aromatic carbocycles. The van der Waals surface area contributed by atoms with E-state index in [-0.39, 0.29) is 41.4 Å². The van der Waals surface area contributed by atoms with Crippen molar-refractivity contribution in [3.63, 3.8) is 0 Å². The van der Waals surface area contributed by atoms with Crippen LogP contribution in [0.15, 0.2) is 18.2 Å². The van der Waals surface area contributed by atoms with Gasteiger partial charge < -0.3 is 10.6 Å². The highest BCUT2D eigenvalue weighted by molar-refractivity contribution is 6.31. The minimum absolute atomic E-state index is 0.0480. The Morgan fingerprint density at radius 1 is 1.24 bits per heavy atom. The van der Waals surface area contributed by atoms with Crippen molar-refractivity contribution in [2.75, 3.05) is 0 Å². The second kappa shape index (κ2) is 8.12. The molecule has 2 heterocycles. The Morgan fingerprint density at radius 3 is 2.76 bits per heavy atom. The summed E-state index contributed by atoms with van der Waals surface area (Å²) < 4.78 is 1.49. The number of primary amides is 1. The Hall–Kier alpha value is -2.41. The topological polar surface area (TPSA) is 98.3 Å². The molecule has 5 rings (SSSR count). The lowest BCUT2D eigenvalue weighted by Gasteiger charge is -2.36. The van der Waals surface area contributed by atoms with E-state index in [2.05, 4.69) is 18.9 Å². The summed E-state index contributed by atoms with van der Waals surface area (Å²) in [5.74, 6) is 0.244. The van der Waals surface area contributed by atoms with Crippen LogP contribution in [0, 0.1) is 17.3 Å². The fourth-order valence-corrected chi connectivity index (χ4v) is 6.38. The number of rotatable bonds is 6. The summed E-state index contributed by atoms with van der Waals surface area (Å²) >= 11 is 6.15. The van der Waals surface area contributed by atoms with Crippen molar-refractivity contribution in [1.82, 2.24) is 14.7 Å². The van der Waals surface area contributed by atoms with E-state index < -0.39 is 5.91 Å². The monoisotopic (exact) mass is 470 g/mol. The smallest absolute Gasteiger partial charge is 0.269 e. The quantitative estimate of drug-likeness (QED) is 0.690. The number of hydrogen-bond donors (Lipinski definition) is 1. The van der Waals surface area contributed by atoms with Gasteiger partial charge in [-0.25, -0.2) is 0 Å². The lowest BCUT2D eigenvalue weighted by atomic mass is 9.70. The molecule has 3 fully saturated rings. The number of Topliss-reactive ketones (excluding diaryl/α,β-unsaturated/α-hetero) is 1. The van der Waals surface area contributed by atoms with Gasteiger partial charge in [-0.1, -0.05) is 31.9 Å². The van der Waals surface area contributed by atoms with Gasteiger partial charge >= 0.3 is 0 Å². The zero-order valence-electron chi connectivity index (χ0n) is 19.2. The molecule has 4 atom stereocenters. The highest BCUT2D eigenvalue weighted by atomic mass is 35.5. The first-order valence-electron chi connectivity index (χ1n) is 11.9. The van der Waals surface area contributed by atoms with Gasteiger partial charge in [-0.15, -0.1) is 0 Å². The van der Waals surface area contributed by atoms with Gasteiger partial charge in [0.15, 0.2) is 11.5 Å². The highest BCUT2D eigenvalue weighted by Gasteiger charge is 2.55. The summed E-state index contributed by atoms with van der Waals surface area (Å²) in [7, 11) is 0. The van der Waals surface area contributed by atoms with Crippen LogP contribution in [0.1, 0.15) is 69.3 Å². The molecule has 1 aromatic heterocycles. The molecule has 7 nitrogen and oxygen atoms in total. The zero-order chi connectivity index (χ0) is 23.5. The normalized spacial score (nSPS) is 28.0. The highest BCUT2D eigenvalue weighted by Crippen LogP contribution is 2.49. The number of aromatic nitrogens is 2. The van der Waals surface area contributed by atoms with Gasteiger partial charge in [-0.05, 0) is 67.6 Å². The van der Waals surface area contributed by atoms with E-state index >= 15 is 0 Å². The van der Waals surface area contributed by atoms with Gasteiger partial charge in [0, 0.05) is 22.9 Å². The Kier molecular flexibility index (Phi) is 5.51. The van der Waals surface area contributed by atoms with Gasteiger partial charge in [0.1, 0.15) is 6.54 Å². The van der Waals surface area contributed by atoms with Crippen molar-refractivity contribution in [3.05, 3.63) is 28.9 Å². The number of likely N-dealkylation sites (tertiary alicyclic amines) is 1. The number of ketones is 1. The summed E-state index contributed by atoms with van der Waals surface area (Å²) in [6, 6.07) is 4.85. The standard InChI is InChI=1S/C25H31ClN4O3/c1-25(2)7-3-4-14(12-25)8-21(31)20-10-15-9-18(15)30(20)22(32)13-29-19-11-16(26)5-6-17(19)23(28-29)24(27)33/h5-6,11,14-15,18,20H,3-4,7-10,12-13H2,1-2H3,(H2,27,33)/t14-,15+,18+,20-/m0/s1. The third-order valence-electron chi connectivity index (χ3n) is 7.79. The third kappa shape index (κ3) is 4.27. The van der Waals surface area contributed by atoms with Crippen LogP contribution in [0.5, 0.6) is 0 Å². The van der Waals surface area contributed by atoms with Crippen molar-refractivity contribution in [2.24, 2.45) is 23.0 Å². The molecule has 176 valence electrons. The number of nitrogens with two attached hydrogens (primary N) is 1. The fourth-order valence-electron chi connectivity index (χ4n) is 6.21. The van der Waals surface area contributed by atoms with Crippen LogP contribution in [0.25, 0.3) is 10.9 Å². The van der Waals surface area contributed by atoms with E-state index in [9.17, 15) is 14.4 Å². The van der Waals surface area contributed by atoms with Crippen LogP contribution in [-0.4, -0.2) is 44.4 Å². The maximum Gasteiger partial charge on any atom is 0.269 e. The Balaban J connectivity index is 1.34. The van der Waals surface area contributed by atoms with E-state index in [4.69, 9.17) is 17.3 Å². The van der Waals surface area contributed by atoms with Crippen LogP contribution < -0.4 is 5.73 Å². The first-order chi connectivity index (χ1) is 15.6. The number of amides is 2. The predicted molar refractivity (Wildman–Crippen MR) is 126 cm³/mol. The Morgan fingerprint density at radius 2 is 2.03 bits per heavy atom. The minimum Gasteiger partial charge on any atom is -0.364 e. The fraction of sp³-hybridized carbons (Fsp3) is 0.600. The molecule has 0 radical (unpaired) electrons. The lowest BCUT2D eigenvalue weighted by Crippen LogP contribution is -2.45. The number of nitrogens with zero attached hydrogens (tertiary/aromatic N) is 3. The Labute approximate surface area is 198 Å². The number of fused-ring (bicyclic) bond motifs is 2. The molecule has 1 aliphatic heterocycles. The molecule has 2 aromatic rings. The molecule has 2 N–H and O–H groups in total. The molecule has 0 spiro atoms. The summed E-state index contributed by atoms with van der Waals surface area (Å²) in [6.07, 6.45) is 6.84. The molecule has 1 saturated heterocycles. The second-order valence-electron chi connectivity index (χ2n) is 10.9. The minimum atomic E-state index is -0.652. The molecule has 8 heteroatoms. The van der Waals surface area contributed by atoms with E-state index in [0.717, 1.165) is 25.7 Å². The number of halogens is 1. The maximum atomic E-state index is 13.4. The van der Waals surface area contributed by atoms with Crippen LogP contribution in [0.2, 0.25) is 5.02 Å². The van der Waals surface area contributed by atoms with Crippen LogP contribution >= 0.6 is 11.6 Å². The van der Waals surface area contributed by atoms with E-state index in [1.807, 2.05) is 4.90 Å². The number of benzene rings is 1. The van der Waals surface area contributed by atoms with Crippen molar-refractivity contribution in [2.45, 2.75) is 77.4 Å². The van der Waals surface area contributed by atoms with Gasteiger partial charge in [0.05, 0.1) is 11.6 Å². The average Bonchev–Trinajstić information content (AvgIpc) is 3.24.